The van der Waals surface area contributed by atoms with E-state index in [2.05, 4.69) is 5.10 Å². The van der Waals surface area contributed by atoms with Crippen LogP contribution in [0, 0.1) is 6.92 Å². The van der Waals surface area contributed by atoms with Crippen LogP contribution in [0.1, 0.15) is 12.5 Å². The second kappa shape index (κ2) is 3.09. The van der Waals surface area contributed by atoms with Gasteiger partial charge >= 0.3 is 0 Å². The number of hydrogen-bond acceptors (Lipinski definition) is 2. The van der Waals surface area contributed by atoms with Crippen LogP contribution in [0.4, 0.5) is 0 Å². The van der Waals surface area contributed by atoms with Crippen molar-refractivity contribution in [3.8, 4) is 5.88 Å². The third-order valence-electron chi connectivity index (χ3n) is 2.02. The first-order chi connectivity index (χ1) is 6.33. The van der Waals surface area contributed by atoms with E-state index < -0.39 is 0 Å². The van der Waals surface area contributed by atoms with Gasteiger partial charge in [-0.2, -0.15) is 0 Å². The van der Waals surface area contributed by atoms with Crippen molar-refractivity contribution in [1.29, 1.82) is 0 Å². The third kappa shape index (κ3) is 1.26. The highest BCUT2D eigenvalue weighted by Crippen LogP contribution is 2.20. The second-order valence-electron chi connectivity index (χ2n) is 2.89. The Kier molecular flexibility index (Phi) is 1.93. The van der Waals surface area contributed by atoms with Crippen LogP contribution in [0.2, 0.25) is 0 Å². The van der Waals surface area contributed by atoms with Crippen molar-refractivity contribution < 1.29 is 4.74 Å². The largest absolute Gasteiger partial charge is 0.477 e. The van der Waals surface area contributed by atoms with Crippen molar-refractivity contribution >= 4 is 5.52 Å². The molecule has 0 bridgehead atoms. The summed E-state index contributed by atoms with van der Waals surface area (Å²) in [6.45, 7) is 4.64. The predicted octanol–water partition coefficient (Wildman–Crippen LogP) is 2.04. The van der Waals surface area contributed by atoms with Gasteiger partial charge in [-0.3, -0.25) is 0 Å². The molecular formula is C10H12N2O. The minimum absolute atomic E-state index is 0.657. The van der Waals surface area contributed by atoms with E-state index in [1.807, 2.05) is 42.8 Å². The van der Waals surface area contributed by atoms with Crippen molar-refractivity contribution in [2.75, 3.05) is 6.61 Å². The smallest absolute Gasteiger partial charge is 0.236 e. The zero-order valence-electron chi connectivity index (χ0n) is 7.82. The Hall–Kier alpha value is -1.51. The molecule has 0 unspecified atom stereocenters. The fraction of sp³-hybridized carbons (Fsp3) is 0.300. The van der Waals surface area contributed by atoms with E-state index in [-0.39, 0.29) is 0 Å². The van der Waals surface area contributed by atoms with Gasteiger partial charge in [0.2, 0.25) is 5.88 Å². The van der Waals surface area contributed by atoms with E-state index in [1.165, 1.54) is 0 Å². The van der Waals surface area contributed by atoms with Crippen LogP contribution in [-0.4, -0.2) is 16.2 Å². The van der Waals surface area contributed by atoms with Gasteiger partial charge in [-0.25, -0.2) is 4.52 Å². The molecule has 2 aromatic heterocycles. The highest BCUT2D eigenvalue weighted by atomic mass is 16.5. The van der Waals surface area contributed by atoms with E-state index in [0.29, 0.717) is 6.61 Å². The SMILES string of the molecule is CCOc1nn2ccccc2c1C. The van der Waals surface area contributed by atoms with E-state index in [0.717, 1.165) is 17.0 Å². The fourth-order valence-corrected chi connectivity index (χ4v) is 1.37. The van der Waals surface area contributed by atoms with Gasteiger partial charge in [0, 0.05) is 11.8 Å². The monoisotopic (exact) mass is 176 g/mol. The minimum atomic E-state index is 0.657. The van der Waals surface area contributed by atoms with Gasteiger partial charge in [-0.05, 0) is 26.0 Å². The van der Waals surface area contributed by atoms with E-state index >= 15 is 0 Å². The Balaban J connectivity index is 2.60. The summed E-state index contributed by atoms with van der Waals surface area (Å²) in [5, 5.41) is 4.30. The highest BCUT2D eigenvalue weighted by molar-refractivity contribution is 5.57. The van der Waals surface area contributed by atoms with Crippen LogP contribution in [0.25, 0.3) is 5.52 Å². The van der Waals surface area contributed by atoms with Crippen LogP contribution < -0.4 is 4.74 Å². The first kappa shape index (κ1) is 8.10. The number of aryl methyl sites for hydroxylation is 1. The molecule has 13 heavy (non-hydrogen) atoms. The van der Waals surface area contributed by atoms with E-state index in [9.17, 15) is 0 Å². The number of rotatable bonds is 2. The van der Waals surface area contributed by atoms with Crippen molar-refractivity contribution in [2.24, 2.45) is 0 Å². The summed E-state index contributed by atoms with van der Waals surface area (Å²) in [6.07, 6.45) is 1.92. The van der Waals surface area contributed by atoms with Gasteiger partial charge in [0.1, 0.15) is 0 Å². The van der Waals surface area contributed by atoms with Crippen LogP contribution in [0.15, 0.2) is 24.4 Å². The number of ether oxygens (including phenoxy) is 1. The van der Waals surface area contributed by atoms with Gasteiger partial charge in [-0.1, -0.05) is 6.07 Å². The predicted molar refractivity (Wildman–Crippen MR) is 51.1 cm³/mol. The molecule has 3 heteroatoms. The number of hydrogen-bond donors (Lipinski definition) is 0. The van der Waals surface area contributed by atoms with Crippen molar-refractivity contribution in [1.82, 2.24) is 9.61 Å². The summed E-state index contributed by atoms with van der Waals surface area (Å²) in [5.74, 6) is 0.730. The Bertz CT molecular complexity index is 420. The lowest BCUT2D eigenvalue weighted by atomic mass is 10.3. The van der Waals surface area contributed by atoms with Gasteiger partial charge in [-0.15, -0.1) is 5.10 Å². The summed E-state index contributed by atoms with van der Waals surface area (Å²) < 4.78 is 7.22. The molecule has 68 valence electrons. The Morgan fingerprint density at radius 3 is 3.00 bits per heavy atom. The molecule has 0 aromatic carbocycles. The standard InChI is InChI=1S/C10H12N2O/c1-3-13-10-8(2)9-6-4-5-7-12(9)11-10/h4-7H,3H2,1-2H3. The number of nitrogens with zero attached hydrogens (tertiary/aromatic N) is 2. The maximum Gasteiger partial charge on any atom is 0.236 e. The lowest BCUT2D eigenvalue weighted by Crippen LogP contribution is -1.93. The van der Waals surface area contributed by atoms with Crippen LogP contribution in [0.3, 0.4) is 0 Å². The molecule has 0 radical (unpaired) electrons. The number of pyridine rings is 1. The Labute approximate surface area is 76.9 Å². The fourth-order valence-electron chi connectivity index (χ4n) is 1.37. The second-order valence-corrected chi connectivity index (χ2v) is 2.89. The molecule has 0 spiro atoms. The maximum atomic E-state index is 5.39. The molecule has 2 aromatic rings. The normalized spacial score (nSPS) is 10.6. The molecule has 0 amide bonds. The summed E-state index contributed by atoms with van der Waals surface area (Å²) in [7, 11) is 0. The molecule has 0 aliphatic heterocycles. The molecule has 0 atom stereocenters. The molecule has 0 N–H and O–H groups in total. The lowest BCUT2D eigenvalue weighted by Gasteiger charge is -1.96. The molecule has 0 aliphatic carbocycles. The van der Waals surface area contributed by atoms with Crippen LogP contribution >= 0.6 is 0 Å². The quantitative estimate of drug-likeness (QED) is 0.700. The lowest BCUT2D eigenvalue weighted by molar-refractivity contribution is 0.323. The Morgan fingerprint density at radius 1 is 1.46 bits per heavy atom. The highest BCUT2D eigenvalue weighted by Gasteiger charge is 2.07. The first-order valence-electron chi connectivity index (χ1n) is 4.39. The van der Waals surface area contributed by atoms with Gasteiger partial charge in [0.05, 0.1) is 12.1 Å². The zero-order valence-corrected chi connectivity index (χ0v) is 7.82. The van der Waals surface area contributed by atoms with Gasteiger partial charge < -0.3 is 4.74 Å². The summed E-state index contributed by atoms with van der Waals surface area (Å²) >= 11 is 0. The van der Waals surface area contributed by atoms with E-state index in [4.69, 9.17) is 4.74 Å². The minimum Gasteiger partial charge on any atom is -0.477 e. The van der Waals surface area contributed by atoms with Gasteiger partial charge in [0.25, 0.3) is 0 Å². The topological polar surface area (TPSA) is 26.5 Å². The molecule has 3 nitrogen and oxygen atoms in total. The van der Waals surface area contributed by atoms with Gasteiger partial charge in [0.15, 0.2) is 0 Å². The van der Waals surface area contributed by atoms with Crippen LogP contribution in [0.5, 0.6) is 5.88 Å². The molecule has 0 saturated carbocycles. The van der Waals surface area contributed by atoms with E-state index in [1.54, 1.807) is 0 Å². The molecule has 0 fully saturated rings. The average Bonchev–Trinajstić information content (AvgIpc) is 2.46. The molecule has 0 saturated heterocycles. The summed E-state index contributed by atoms with van der Waals surface area (Å²) in [4.78, 5) is 0. The Morgan fingerprint density at radius 2 is 2.31 bits per heavy atom. The molecule has 2 rings (SSSR count). The van der Waals surface area contributed by atoms with Crippen molar-refractivity contribution in [3.63, 3.8) is 0 Å². The number of fused-ring (bicyclic) bond motifs is 1. The molecule has 2 heterocycles. The van der Waals surface area contributed by atoms with Crippen molar-refractivity contribution in [3.05, 3.63) is 30.0 Å². The molecular weight excluding hydrogens is 164 g/mol. The summed E-state index contributed by atoms with van der Waals surface area (Å²) in [5.41, 5.74) is 2.20. The third-order valence-corrected chi connectivity index (χ3v) is 2.02. The zero-order chi connectivity index (χ0) is 9.26. The van der Waals surface area contributed by atoms with Crippen LogP contribution in [-0.2, 0) is 0 Å². The maximum absolute atomic E-state index is 5.39. The first-order valence-corrected chi connectivity index (χ1v) is 4.39. The summed E-state index contributed by atoms with van der Waals surface area (Å²) in [6, 6.07) is 5.99. The average molecular weight is 176 g/mol. The molecule has 0 aliphatic rings. The van der Waals surface area contributed by atoms with Crippen molar-refractivity contribution in [2.45, 2.75) is 13.8 Å². The number of aromatic nitrogens is 2.